The van der Waals surface area contributed by atoms with Gasteiger partial charge in [-0.2, -0.15) is 5.10 Å². The lowest BCUT2D eigenvalue weighted by atomic mass is 10.1. The molecular formula is C12H15N3. The topological polar surface area (TPSA) is 54.7 Å². The van der Waals surface area contributed by atoms with E-state index < -0.39 is 0 Å². The second-order valence-corrected chi connectivity index (χ2v) is 3.60. The molecule has 0 fully saturated rings. The van der Waals surface area contributed by atoms with Crippen molar-refractivity contribution in [2.75, 3.05) is 5.73 Å². The Morgan fingerprint density at radius 3 is 3.13 bits per heavy atom. The van der Waals surface area contributed by atoms with Crippen molar-refractivity contribution in [1.29, 1.82) is 0 Å². The van der Waals surface area contributed by atoms with Crippen LogP contribution in [0.1, 0.15) is 25.3 Å². The van der Waals surface area contributed by atoms with Gasteiger partial charge < -0.3 is 5.73 Å². The molecule has 0 amide bonds. The molecule has 0 saturated heterocycles. The number of allylic oxidation sites excluding steroid dienone is 1. The largest absolute Gasteiger partial charge is 0.382 e. The molecule has 0 aliphatic heterocycles. The van der Waals surface area contributed by atoms with Gasteiger partial charge in [0, 0.05) is 5.39 Å². The summed E-state index contributed by atoms with van der Waals surface area (Å²) in [5.41, 5.74) is 7.89. The standard InChI is InChI=1S/C12H15N3/c1-2-3-4-5-9-6-7-11-10(8-9)12(13)15-14-11/h4-8H,2-3H2,1H3,(H3,13,14,15). The molecular weight excluding hydrogens is 186 g/mol. The second-order valence-electron chi connectivity index (χ2n) is 3.60. The van der Waals surface area contributed by atoms with Crippen LogP contribution >= 0.6 is 0 Å². The number of hydrogen-bond donors (Lipinski definition) is 2. The summed E-state index contributed by atoms with van der Waals surface area (Å²) in [6.45, 7) is 2.17. The number of unbranched alkanes of at least 4 members (excludes halogenated alkanes) is 1. The van der Waals surface area contributed by atoms with Gasteiger partial charge in [0.25, 0.3) is 0 Å². The van der Waals surface area contributed by atoms with E-state index in [4.69, 9.17) is 5.73 Å². The highest BCUT2D eigenvalue weighted by Gasteiger charge is 2.00. The van der Waals surface area contributed by atoms with Crippen LogP contribution < -0.4 is 5.73 Å². The molecule has 0 aliphatic rings. The van der Waals surface area contributed by atoms with Gasteiger partial charge in [-0.15, -0.1) is 0 Å². The molecule has 0 aliphatic carbocycles. The first kappa shape index (κ1) is 9.77. The maximum absolute atomic E-state index is 5.73. The molecule has 15 heavy (non-hydrogen) atoms. The van der Waals surface area contributed by atoms with E-state index in [0.29, 0.717) is 5.82 Å². The van der Waals surface area contributed by atoms with E-state index in [0.717, 1.165) is 17.3 Å². The summed E-state index contributed by atoms with van der Waals surface area (Å²) in [6, 6.07) is 6.12. The Morgan fingerprint density at radius 2 is 2.33 bits per heavy atom. The lowest BCUT2D eigenvalue weighted by Crippen LogP contribution is -1.83. The molecule has 1 aromatic carbocycles. The Balaban J connectivity index is 2.33. The first-order chi connectivity index (χ1) is 7.31. The van der Waals surface area contributed by atoms with Gasteiger partial charge >= 0.3 is 0 Å². The van der Waals surface area contributed by atoms with Crippen molar-refractivity contribution < 1.29 is 0 Å². The number of nitrogens with one attached hydrogen (secondary N) is 1. The monoisotopic (exact) mass is 201 g/mol. The third kappa shape index (κ3) is 2.01. The van der Waals surface area contributed by atoms with Crippen molar-refractivity contribution in [2.24, 2.45) is 0 Å². The summed E-state index contributed by atoms with van der Waals surface area (Å²) in [6.07, 6.45) is 6.58. The zero-order valence-electron chi connectivity index (χ0n) is 8.83. The van der Waals surface area contributed by atoms with E-state index in [9.17, 15) is 0 Å². The van der Waals surface area contributed by atoms with E-state index in [1.54, 1.807) is 0 Å². The number of nitrogens with zero attached hydrogens (tertiary/aromatic N) is 1. The molecule has 1 aromatic heterocycles. The predicted octanol–water partition coefficient (Wildman–Crippen LogP) is 2.96. The molecule has 3 nitrogen and oxygen atoms in total. The van der Waals surface area contributed by atoms with Crippen LogP contribution in [-0.4, -0.2) is 10.2 Å². The van der Waals surface area contributed by atoms with Crippen LogP contribution in [0.4, 0.5) is 5.82 Å². The van der Waals surface area contributed by atoms with Gasteiger partial charge in [-0.05, 0) is 24.1 Å². The fourth-order valence-electron chi connectivity index (χ4n) is 1.54. The van der Waals surface area contributed by atoms with Crippen LogP contribution in [0.25, 0.3) is 17.0 Å². The Kier molecular flexibility index (Phi) is 2.72. The molecule has 0 spiro atoms. The second kappa shape index (κ2) is 4.17. The van der Waals surface area contributed by atoms with Crippen LogP contribution in [0.3, 0.4) is 0 Å². The summed E-state index contributed by atoms with van der Waals surface area (Å²) in [5, 5.41) is 7.84. The van der Waals surface area contributed by atoms with Crippen molar-refractivity contribution >= 4 is 22.8 Å². The number of aromatic amines is 1. The average Bonchev–Trinajstić information content (AvgIpc) is 2.61. The van der Waals surface area contributed by atoms with Gasteiger partial charge in [-0.3, -0.25) is 5.10 Å². The number of aromatic nitrogens is 2. The van der Waals surface area contributed by atoms with Crippen LogP contribution in [0.2, 0.25) is 0 Å². The van der Waals surface area contributed by atoms with Crippen LogP contribution in [0, 0.1) is 0 Å². The highest BCUT2D eigenvalue weighted by atomic mass is 15.1. The van der Waals surface area contributed by atoms with Gasteiger partial charge in [0.15, 0.2) is 5.82 Å². The van der Waals surface area contributed by atoms with Gasteiger partial charge in [-0.25, -0.2) is 0 Å². The minimum absolute atomic E-state index is 0.566. The van der Waals surface area contributed by atoms with Crippen molar-refractivity contribution in [3.63, 3.8) is 0 Å². The SMILES string of the molecule is CCCC=Cc1ccc2[nH]nc(N)c2c1. The molecule has 78 valence electrons. The molecule has 3 heteroatoms. The number of anilines is 1. The summed E-state index contributed by atoms with van der Waals surface area (Å²) in [7, 11) is 0. The highest BCUT2D eigenvalue weighted by molar-refractivity contribution is 5.90. The van der Waals surface area contributed by atoms with E-state index in [1.165, 1.54) is 12.0 Å². The molecule has 1 heterocycles. The average molecular weight is 201 g/mol. The number of fused-ring (bicyclic) bond motifs is 1. The lowest BCUT2D eigenvalue weighted by molar-refractivity contribution is 0.962. The smallest absolute Gasteiger partial charge is 0.153 e. The highest BCUT2D eigenvalue weighted by Crippen LogP contribution is 2.19. The van der Waals surface area contributed by atoms with E-state index >= 15 is 0 Å². The van der Waals surface area contributed by atoms with Gasteiger partial charge in [-0.1, -0.05) is 31.6 Å². The van der Waals surface area contributed by atoms with E-state index in [2.05, 4.69) is 41.4 Å². The zero-order valence-corrected chi connectivity index (χ0v) is 8.83. The molecule has 0 unspecified atom stereocenters. The first-order valence-electron chi connectivity index (χ1n) is 5.21. The molecule has 0 radical (unpaired) electrons. The van der Waals surface area contributed by atoms with Crippen LogP contribution in [0.15, 0.2) is 24.3 Å². The first-order valence-corrected chi connectivity index (χ1v) is 5.21. The molecule has 0 bridgehead atoms. The predicted molar refractivity (Wildman–Crippen MR) is 64.4 cm³/mol. The molecule has 2 rings (SSSR count). The molecule has 2 aromatic rings. The molecule has 0 saturated carbocycles. The third-order valence-corrected chi connectivity index (χ3v) is 2.38. The maximum Gasteiger partial charge on any atom is 0.153 e. The Morgan fingerprint density at radius 1 is 1.47 bits per heavy atom. The van der Waals surface area contributed by atoms with Crippen LogP contribution in [0.5, 0.6) is 0 Å². The number of nitrogen functional groups attached to an aromatic ring is 1. The number of benzene rings is 1. The summed E-state index contributed by atoms with van der Waals surface area (Å²) >= 11 is 0. The van der Waals surface area contributed by atoms with E-state index in [1.807, 2.05) is 6.07 Å². The van der Waals surface area contributed by atoms with Gasteiger partial charge in [0.1, 0.15) is 0 Å². The number of rotatable bonds is 3. The number of hydrogen-bond acceptors (Lipinski definition) is 2. The minimum atomic E-state index is 0.566. The van der Waals surface area contributed by atoms with Crippen molar-refractivity contribution in [1.82, 2.24) is 10.2 Å². The summed E-state index contributed by atoms with van der Waals surface area (Å²) in [5.74, 6) is 0.566. The quantitative estimate of drug-likeness (QED) is 0.802. The maximum atomic E-state index is 5.73. The van der Waals surface area contributed by atoms with Gasteiger partial charge in [0.2, 0.25) is 0 Å². The fourth-order valence-corrected chi connectivity index (χ4v) is 1.54. The fraction of sp³-hybridized carbons (Fsp3) is 0.250. The summed E-state index contributed by atoms with van der Waals surface area (Å²) < 4.78 is 0. The Labute approximate surface area is 89.0 Å². The minimum Gasteiger partial charge on any atom is -0.382 e. The van der Waals surface area contributed by atoms with Crippen LogP contribution in [-0.2, 0) is 0 Å². The number of H-pyrrole nitrogens is 1. The zero-order chi connectivity index (χ0) is 10.7. The van der Waals surface area contributed by atoms with Gasteiger partial charge in [0.05, 0.1) is 5.52 Å². The Hall–Kier alpha value is -1.77. The third-order valence-electron chi connectivity index (χ3n) is 2.38. The molecule has 3 N–H and O–H groups in total. The van der Waals surface area contributed by atoms with E-state index in [-0.39, 0.29) is 0 Å². The van der Waals surface area contributed by atoms with Crippen molar-refractivity contribution in [3.8, 4) is 0 Å². The lowest BCUT2D eigenvalue weighted by Gasteiger charge is -1.94. The number of nitrogens with two attached hydrogens (primary N) is 1. The Bertz CT molecular complexity index is 483. The van der Waals surface area contributed by atoms with Crippen molar-refractivity contribution in [3.05, 3.63) is 29.8 Å². The summed E-state index contributed by atoms with van der Waals surface area (Å²) in [4.78, 5) is 0. The molecule has 0 atom stereocenters. The normalized spacial score (nSPS) is 11.5. The van der Waals surface area contributed by atoms with Crippen molar-refractivity contribution in [2.45, 2.75) is 19.8 Å².